The van der Waals surface area contributed by atoms with Gasteiger partial charge in [-0.15, -0.1) is 6.07 Å². The van der Waals surface area contributed by atoms with E-state index < -0.39 is 0 Å². The van der Waals surface area contributed by atoms with Crippen molar-refractivity contribution in [2.45, 2.75) is 0 Å². The summed E-state index contributed by atoms with van der Waals surface area (Å²) < 4.78 is 7.95. The SMILES string of the molecule is [c-]1cccc[n+]1-c1cccc2c1oc1ccccc12. The van der Waals surface area contributed by atoms with E-state index in [1.165, 1.54) is 0 Å². The summed E-state index contributed by atoms with van der Waals surface area (Å²) in [4.78, 5) is 0. The maximum Gasteiger partial charge on any atom is 0.175 e. The molecule has 19 heavy (non-hydrogen) atoms. The molecule has 4 rings (SSSR count). The van der Waals surface area contributed by atoms with Crippen LogP contribution in [0, 0.1) is 6.20 Å². The zero-order chi connectivity index (χ0) is 12.7. The number of nitrogens with zero attached hydrogens (tertiary/aromatic N) is 1. The summed E-state index contributed by atoms with van der Waals surface area (Å²) in [5, 5.41) is 2.29. The van der Waals surface area contributed by atoms with Gasteiger partial charge in [0.25, 0.3) is 0 Å². The van der Waals surface area contributed by atoms with Crippen molar-refractivity contribution in [2.75, 3.05) is 0 Å². The molecule has 0 amide bonds. The van der Waals surface area contributed by atoms with Crippen LogP contribution in [0.15, 0.2) is 71.3 Å². The summed E-state index contributed by atoms with van der Waals surface area (Å²) in [7, 11) is 0. The van der Waals surface area contributed by atoms with Gasteiger partial charge in [0.05, 0.1) is 6.20 Å². The lowest BCUT2D eigenvalue weighted by atomic mass is 10.1. The Bertz CT molecular complexity index is 862. The van der Waals surface area contributed by atoms with E-state index >= 15 is 0 Å². The second-order valence-electron chi connectivity index (χ2n) is 4.45. The van der Waals surface area contributed by atoms with Crippen LogP contribution in [0.5, 0.6) is 0 Å². The lowest BCUT2D eigenvalue weighted by Crippen LogP contribution is -2.29. The Balaban J connectivity index is 2.13. The summed E-state index contributed by atoms with van der Waals surface area (Å²) in [6.07, 6.45) is 5.15. The highest BCUT2D eigenvalue weighted by atomic mass is 16.3. The molecule has 0 bridgehead atoms. The van der Waals surface area contributed by atoms with Crippen LogP contribution in [-0.4, -0.2) is 0 Å². The number of hydrogen-bond acceptors (Lipinski definition) is 1. The van der Waals surface area contributed by atoms with E-state index in [2.05, 4.69) is 18.3 Å². The molecule has 0 aliphatic rings. The number of fused-ring (bicyclic) bond motifs is 3. The molecule has 2 aromatic carbocycles. The van der Waals surface area contributed by atoms with Gasteiger partial charge in [0.1, 0.15) is 5.58 Å². The highest BCUT2D eigenvalue weighted by molar-refractivity contribution is 6.06. The fraction of sp³-hybridized carbons (Fsp3) is 0. The van der Waals surface area contributed by atoms with Crippen molar-refractivity contribution < 1.29 is 8.98 Å². The minimum Gasteiger partial charge on any atom is -0.459 e. The third-order valence-corrected chi connectivity index (χ3v) is 3.30. The lowest BCUT2D eigenvalue weighted by molar-refractivity contribution is -0.599. The van der Waals surface area contributed by atoms with Gasteiger partial charge in [0.15, 0.2) is 17.5 Å². The van der Waals surface area contributed by atoms with Gasteiger partial charge < -0.3 is 4.42 Å². The van der Waals surface area contributed by atoms with Gasteiger partial charge >= 0.3 is 0 Å². The number of aromatic nitrogens is 1. The molecular weight excluding hydrogens is 234 g/mol. The van der Waals surface area contributed by atoms with Crippen LogP contribution in [0.3, 0.4) is 0 Å². The fourth-order valence-corrected chi connectivity index (χ4v) is 2.43. The monoisotopic (exact) mass is 245 g/mol. The van der Waals surface area contributed by atoms with Gasteiger partial charge in [-0.25, -0.2) is 0 Å². The van der Waals surface area contributed by atoms with E-state index in [1.807, 2.05) is 59.3 Å². The van der Waals surface area contributed by atoms with Gasteiger partial charge in [-0.05, 0) is 12.1 Å². The first-order valence-corrected chi connectivity index (χ1v) is 6.22. The van der Waals surface area contributed by atoms with Crippen molar-refractivity contribution in [3.05, 3.63) is 73.1 Å². The zero-order valence-electron chi connectivity index (χ0n) is 10.2. The molecule has 0 saturated heterocycles. The Hall–Kier alpha value is -2.61. The van der Waals surface area contributed by atoms with Gasteiger partial charge in [-0.3, -0.25) is 4.57 Å². The molecule has 0 unspecified atom stereocenters. The van der Waals surface area contributed by atoms with E-state index in [0.717, 1.165) is 27.6 Å². The predicted molar refractivity (Wildman–Crippen MR) is 74.1 cm³/mol. The summed E-state index contributed by atoms with van der Waals surface area (Å²) in [5.41, 5.74) is 2.83. The first-order chi connectivity index (χ1) is 9.43. The van der Waals surface area contributed by atoms with E-state index in [-0.39, 0.29) is 0 Å². The van der Waals surface area contributed by atoms with Crippen LogP contribution in [-0.2, 0) is 0 Å². The quantitative estimate of drug-likeness (QED) is 0.369. The van der Waals surface area contributed by atoms with Crippen LogP contribution in [0.2, 0.25) is 0 Å². The van der Waals surface area contributed by atoms with Crippen LogP contribution >= 0.6 is 0 Å². The highest BCUT2D eigenvalue weighted by Gasteiger charge is 2.11. The normalized spacial score (nSPS) is 11.2. The number of para-hydroxylation sites is 2. The Morgan fingerprint density at radius 1 is 0.842 bits per heavy atom. The number of rotatable bonds is 1. The Morgan fingerprint density at radius 3 is 2.63 bits per heavy atom. The molecule has 0 aliphatic carbocycles. The molecular formula is C17H11NO. The lowest BCUT2D eigenvalue weighted by Gasteiger charge is -2.02. The van der Waals surface area contributed by atoms with Crippen LogP contribution in [0.1, 0.15) is 0 Å². The first-order valence-electron chi connectivity index (χ1n) is 6.22. The number of furan rings is 1. The molecule has 0 atom stereocenters. The minimum atomic E-state index is 0.899. The Labute approximate surface area is 110 Å². The molecule has 2 heterocycles. The minimum absolute atomic E-state index is 0.899. The molecule has 4 aromatic rings. The summed E-state index contributed by atoms with van der Waals surface area (Å²) in [6.45, 7) is 0. The van der Waals surface area contributed by atoms with Crippen molar-refractivity contribution in [2.24, 2.45) is 0 Å². The smallest absolute Gasteiger partial charge is 0.175 e. The number of hydrogen-bond donors (Lipinski definition) is 0. The van der Waals surface area contributed by atoms with Gasteiger partial charge in [-0.2, -0.15) is 0 Å². The second kappa shape index (κ2) is 3.95. The molecule has 90 valence electrons. The van der Waals surface area contributed by atoms with Crippen molar-refractivity contribution in [3.63, 3.8) is 0 Å². The molecule has 2 nitrogen and oxygen atoms in total. The standard InChI is InChI=1S/C17H11NO/c1-4-11-18(12-5-1)15-9-6-8-14-13-7-2-3-10-16(13)19-17(14)15/h1-11H. The number of benzene rings is 2. The summed E-state index contributed by atoms with van der Waals surface area (Å²) in [5.74, 6) is 0. The van der Waals surface area contributed by atoms with E-state index in [0.29, 0.717) is 0 Å². The molecule has 2 heteroatoms. The summed E-state index contributed by atoms with van der Waals surface area (Å²) in [6, 6.07) is 20.1. The van der Waals surface area contributed by atoms with Gasteiger partial charge in [0, 0.05) is 10.8 Å². The van der Waals surface area contributed by atoms with Crippen molar-refractivity contribution in [1.29, 1.82) is 0 Å². The largest absolute Gasteiger partial charge is 0.459 e. The maximum atomic E-state index is 6.00. The number of pyridine rings is 1. The molecule has 0 spiro atoms. The van der Waals surface area contributed by atoms with Crippen LogP contribution < -0.4 is 4.57 Å². The van der Waals surface area contributed by atoms with E-state index in [9.17, 15) is 0 Å². The average molecular weight is 245 g/mol. The van der Waals surface area contributed by atoms with Crippen LogP contribution in [0.25, 0.3) is 27.6 Å². The van der Waals surface area contributed by atoms with E-state index in [1.54, 1.807) is 0 Å². The average Bonchev–Trinajstić information content (AvgIpc) is 2.87. The Kier molecular flexibility index (Phi) is 2.15. The fourth-order valence-electron chi connectivity index (χ4n) is 2.43. The molecule has 0 radical (unpaired) electrons. The second-order valence-corrected chi connectivity index (χ2v) is 4.45. The summed E-state index contributed by atoms with van der Waals surface area (Å²) >= 11 is 0. The highest BCUT2D eigenvalue weighted by Crippen LogP contribution is 2.30. The van der Waals surface area contributed by atoms with Gasteiger partial charge in [-0.1, -0.05) is 42.5 Å². The third kappa shape index (κ3) is 1.54. The topological polar surface area (TPSA) is 17.0 Å². The van der Waals surface area contributed by atoms with Gasteiger partial charge in [0.2, 0.25) is 0 Å². The zero-order valence-corrected chi connectivity index (χ0v) is 10.2. The first kappa shape index (κ1) is 10.3. The van der Waals surface area contributed by atoms with E-state index in [4.69, 9.17) is 4.42 Å². The van der Waals surface area contributed by atoms with Crippen molar-refractivity contribution in [1.82, 2.24) is 0 Å². The molecule has 0 aliphatic heterocycles. The van der Waals surface area contributed by atoms with Crippen LogP contribution in [0.4, 0.5) is 0 Å². The molecule has 2 aromatic heterocycles. The third-order valence-electron chi connectivity index (χ3n) is 3.30. The predicted octanol–water partition coefficient (Wildman–Crippen LogP) is 3.66. The maximum absolute atomic E-state index is 6.00. The molecule has 0 N–H and O–H groups in total. The van der Waals surface area contributed by atoms with Crippen molar-refractivity contribution >= 4 is 21.9 Å². The Morgan fingerprint density at radius 2 is 1.74 bits per heavy atom. The van der Waals surface area contributed by atoms with Crippen molar-refractivity contribution in [3.8, 4) is 5.69 Å². The molecule has 0 fully saturated rings. The molecule has 0 saturated carbocycles.